The van der Waals surface area contributed by atoms with E-state index < -0.39 is 5.97 Å². The van der Waals surface area contributed by atoms with E-state index in [1.807, 2.05) is 36.6 Å². The van der Waals surface area contributed by atoms with Crippen molar-refractivity contribution in [1.29, 1.82) is 0 Å². The predicted octanol–water partition coefficient (Wildman–Crippen LogP) is 4.19. The normalized spacial score (nSPS) is 16.9. The summed E-state index contributed by atoms with van der Waals surface area (Å²) in [5.74, 6) is -0.869. The van der Waals surface area contributed by atoms with Gasteiger partial charge < -0.3 is 10.0 Å². The molecule has 0 bridgehead atoms. The third-order valence-corrected chi connectivity index (χ3v) is 4.68. The van der Waals surface area contributed by atoms with E-state index in [1.54, 1.807) is 0 Å². The molecule has 0 saturated heterocycles. The summed E-state index contributed by atoms with van der Waals surface area (Å²) in [6, 6.07) is 14.2. The number of carboxylic acids is 1. The van der Waals surface area contributed by atoms with Crippen LogP contribution in [0.5, 0.6) is 0 Å². The molecule has 2 aromatic carbocycles. The van der Waals surface area contributed by atoms with Crippen LogP contribution in [-0.2, 0) is 6.42 Å². The Morgan fingerprint density at radius 1 is 1.19 bits per heavy atom. The lowest BCUT2D eigenvalue weighted by atomic mass is 10.1. The fourth-order valence-electron chi connectivity index (χ4n) is 3.04. The van der Waals surface area contributed by atoms with Gasteiger partial charge in [-0.05, 0) is 43.4 Å². The Balaban J connectivity index is 2.19. The summed E-state index contributed by atoms with van der Waals surface area (Å²) < 4.78 is 0. The summed E-state index contributed by atoms with van der Waals surface area (Å²) >= 11 is 1.47. The second-order valence-corrected chi connectivity index (χ2v) is 6.06. The van der Waals surface area contributed by atoms with E-state index in [2.05, 4.69) is 24.0 Å². The summed E-state index contributed by atoms with van der Waals surface area (Å²) in [6.45, 7) is 2.14. The summed E-state index contributed by atoms with van der Waals surface area (Å²) in [5.41, 5.74) is 3.57. The van der Waals surface area contributed by atoms with Gasteiger partial charge in [-0.1, -0.05) is 24.3 Å². The molecule has 1 unspecified atom stereocenters. The first-order valence-corrected chi connectivity index (χ1v) is 8.13. The number of para-hydroxylation sites is 1. The number of fused-ring (bicyclic) bond motifs is 1. The number of hydrogen-bond acceptors (Lipinski definition) is 3. The molecule has 1 aliphatic heterocycles. The van der Waals surface area contributed by atoms with Crippen LogP contribution in [0.4, 0.5) is 11.4 Å². The number of nitrogens with zero attached hydrogens (tertiary/aromatic N) is 1. The smallest absolute Gasteiger partial charge is 0.338 e. The lowest BCUT2D eigenvalue weighted by Gasteiger charge is -2.27. The highest BCUT2D eigenvalue weighted by Gasteiger charge is 2.30. The van der Waals surface area contributed by atoms with Crippen LogP contribution in [0.25, 0.3) is 0 Å². The van der Waals surface area contributed by atoms with Gasteiger partial charge in [0.25, 0.3) is 0 Å². The fraction of sp³-hybridized carbons (Fsp3) is 0.235. The van der Waals surface area contributed by atoms with Gasteiger partial charge in [-0.3, -0.25) is 0 Å². The van der Waals surface area contributed by atoms with Crippen molar-refractivity contribution in [1.82, 2.24) is 0 Å². The molecule has 108 valence electrons. The van der Waals surface area contributed by atoms with E-state index >= 15 is 0 Å². The van der Waals surface area contributed by atoms with Gasteiger partial charge in [0.1, 0.15) is 0 Å². The van der Waals surface area contributed by atoms with Crippen molar-refractivity contribution in [3.63, 3.8) is 0 Å². The van der Waals surface area contributed by atoms with Crippen molar-refractivity contribution >= 4 is 29.1 Å². The first kappa shape index (κ1) is 14.0. The highest BCUT2D eigenvalue weighted by Crippen LogP contribution is 2.41. The van der Waals surface area contributed by atoms with Crippen LogP contribution in [-0.4, -0.2) is 23.4 Å². The Morgan fingerprint density at radius 3 is 2.62 bits per heavy atom. The Morgan fingerprint density at radius 2 is 1.90 bits per heavy atom. The average Bonchev–Trinajstić information content (AvgIpc) is 2.81. The molecular weight excluding hydrogens is 282 g/mol. The van der Waals surface area contributed by atoms with Gasteiger partial charge in [0.2, 0.25) is 0 Å². The topological polar surface area (TPSA) is 40.5 Å². The van der Waals surface area contributed by atoms with E-state index in [0.717, 1.165) is 22.7 Å². The summed E-state index contributed by atoms with van der Waals surface area (Å²) in [6.07, 6.45) is 2.85. The highest BCUT2D eigenvalue weighted by molar-refractivity contribution is 7.98. The van der Waals surface area contributed by atoms with Gasteiger partial charge in [0.05, 0.1) is 11.3 Å². The van der Waals surface area contributed by atoms with E-state index in [0.29, 0.717) is 5.56 Å². The lowest BCUT2D eigenvalue weighted by molar-refractivity contribution is 0.0694. The van der Waals surface area contributed by atoms with Crippen LogP contribution >= 0.6 is 11.8 Å². The van der Waals surface area contributed by atoms with Crippen LogP contribution < -0.4 is 4.90 Å². The van der Waals surface area contributed by atoms with Gasteiger partial charge in [-0.25, -0.2) is 4.79 Å². The van der Waals surface area contributed by atoms with Crippen LogP contribution in [0.3, 0.4) is 0 Å². The van der Waals surface area contributed by atoms with Gasteiger partial charge in [0.15, 0.2) is 0 Å². The number of anilines is 2. The third kappa shape index (κ3) is 2.29. The molecule has 1 atom stereocenters. The first-order chi connectivity index (χ1) is 10.1. The SMILES string of the molecule is CSc1cccc(N2c3ccccc3CC2C)c1C(=O)O. The molecule has 3 nitrogen and oxygen atoms in total. The molecule has 0 radical (unpaired) electrons. The molecule has 0 aromatic heterocycles. The number of carboxylic acid groups (broad SMARTS) is 1. The quantitative estimate of drug-likeness (QED) is 0.863. The lowest BCUT2D eigenvalue weighted by Crippen LogP contribution is -2.26. The van der Waals surface area contributed by atoms with Crippen molar-refractivity contribution in [3.05, 3.63) is 53.6 Å². The summed E-state index contributed by atoms with van der Waals surface area (Å²) in [5, 5.41) is 9.63. The maximum Gasteiger partial charge on any atom is 0.338 e. The number of carbonyl (C=O) groups is 1. The molecule has 3 rings (SSSR count). The molecule has 0 fully saturated rings. The van der Waals surface area contributed by atoms with Gasteiger partial charge in [0, 0.05) is 16.6 Å². The summed E-state index contributed by atoms with van der Waals surface area (Å²) in [7, 11) is 0. The Labute approximate surface area is 128 Å². The van der Waals surface area contributed by atoms with E-state index in [9.17, 15) is 9.90 Å². The number of rotatable bonds is 3. The predicted molar refractivity (Wildman–Crippen MR) is 86.9 cm³/mol. The van der Waals surface area contributed by atoms with Gasteiger partial charge in [-0.2, -0.15) is 0 Å². The molecule has 1 N–H and O–H groups in total. The molecule has 21 heavy (non-hydrogen) atoms. The second-order valence-electron chi connectivity index (χ2n) is 5.21. The minimum Gasteiger partial charge on any atom is -0.478 e. The van der Waals surface area contributed by atoms with Crippen molar-refractivity contribution in [2.75, 3.05) is 11.2 Å². The van der Waals surface area contributed by atoms with Crippen LogP contribution in [0, 0.1) is 0 Å². The molecule has 1 heterocycles. The average molecular weight is 299 g/mol. The molecule has 4 heteroatoms. The molecule has 0 amide bonds. The number of hydrogen-bond donors (Lipinski definition) is 1. The van der Waals surface area contributed by atoms with E-state index in [4.69, 9.17) is 0 Å². The second kappa shape index (κ2) is 5.45. The van der Waals surface area contributed by atoms with Crippen molar-refractivity contribution in [2.24, 2.45) is 0 Å². The Hall–Kier alpha value is -1.94. The Kier molecular flexibility index (Phi) is 3.64. The molecule has 1 aliphatic rings. The number of aromatic carboxylic acids is 1. The molecule has 0 saturated carbocycles. The van der Waals surface area contributed by atoms with Gasteiger partial charge >= 0.3 is 5.97 Å². The van der Waals surface area contributed by atoms with E-state index in [-0.39, 0.29) is 6.04 Å². The largest absolute Gasteiger partial charge is 0.478 e. The van der Waals surface area contributed by atoms with E-state index in [1.165, 1.54) is 17.3 Å². The zero-order chi connectivity index (χ0) is 15.0. The fourth-order valence-corrected chi connectivity index (χ4v) is 3.65. The highest BCUT2D eigenvalue weighted by atomic mass is 32.2. The van der Waals surface area contributed by atoms with Crippen LogP contribution in [0.2, 0.25) is 0 Å². The molecule has 0 aliphatic carbocycles. The zero-order valence-corrected chi connectivity index (χ0v) is 12.9. The van der Waals surface area contributed by atoms with Gasteiger partial charge in [-0.15, -0.1) is 11.8 Å². The third-order valence-electron chi connectivity index (χ3n) is 3.90. The van der Waals surface area contributed by atoms with Crippen LogP contribution in [0.15, 0.2) is 47.4 Å². The standard InChI is InChI=1S/C17H17NO2S/c1-11-10-12-6-3-4-7-13(12)18(11)14-8-5-9-15(21-2)16(14)17(19)20/h3-9,11H,10H2,1-2H3,(H,19,20). The molecule has 2 aromatic rings. The maximum absolute atomic E-state index is 11.7. The van der Waals surface area contributed by atoms with Crippen molar-refractivity contribution in [2.45, 2.75) is 24.3 Å². The minimum atomic E-state index is -0.869. The monoisotopic (exact) mass is 299 g/mol. The zero-order valence-electron chi connectivity index (χ0n) is 12.0. The number of thioether (sulfide) groups is 1. The Bertz CT molecular complexity index is 699. The minimum absolute atomic E-state index is 0.262. The molecular formula is C17H17NO2S. The van der Waals surface area contributed by atoms with Crippen molar-refractivity contribution in [3.8, 4) is 0 Å². The maximum atomic E-state index is 11.7. The summed E-state index contributed by atoms with van der Waals surface area (Å²) in [4.78, 5) is 14.7. The molecule has 0 spiro atoms. The first-order valence-electron chi connectivity index (χ1n) is 6.91. The van der Waals surface area contributed by atoms with Crippen molar-refractivity contribution < 1.29 is 9.90 Å². The number of benzene rings is 2. The van der Waals surface area contributed by atoms with Crippen LogP contribution in [0.1, 0.15) is 22.8 Å².